The molecular formula is C24H35N3O4S. The molecule has 7 nitrogen and oxygen atoms in total. The molecule has 3 rings (SSSR count). The van der Waals surface area contributed by atoms with Gasteiger partial charge in [0.2, 0.25) is 11.8 Å². The number of benzene rings is 1. The van der Waals surface area contributed by atoms with E-state index in [0.29, 0.717) is 12.0 Å². The summed E-state index contributed by atoms with van der Waals surface area (Å²) >= 11 is 1.60. The first-order chi connectivity index (χ1) is 15.0. The maximum Gasteiger partial charge on any atom is 0.256 e. The van der Waals surface area contributed by atoms with E-state index >= 15 is 0 Å². The van der Waals surface area contributed by atoms with E-state index < -0.39 is 16.8 Å². The van der Waals surface area contributed by atoms with Gasteiger partial charge in [-0.05, 0) is 37.3 Å². The highest BCUT2D eigenvalue weighted by Gasteiger charge is 2.57. The Morgan fingerprint density at radius 3 is 2.44 bits per heavy atom. The Morgan fingerprint density at radius 2 is 1.84 bits per heavy atom. The highest BCUT2D eigenvalue weighted by Crippen LogP contribution is 2.56. The van der Waals surface area contributed by atoms with Crippen LogP contribution >= 0.6 is 11.8 Å². The van der Waals surface area contributed by atoms with E-state index in [1.54, 1.807) is 22.7 Å². The Morgan fingerprint density at radius 1 is 1.19 bits per heavy atom. The van der Waals surface area contributed by atoms with Crippen molar-refractivity contribution in [1.82, 2.24) is 15.5 Å². The summed E-state index contributed by atoms with van der Waals surface area (Å²) in [5.74, 6) is -0.824. The highest BCUT2D eigenvalue weighted by atomic mass is 32.2. The van der Waals surface area contributed by atoms with Crippen LogP contribution < -0.4 is 10.6 Å². The Hall–Kier alpha value is -2.06. The summed E-state index contributed by atoms with van der Waals surface area (Å²) in [6, 6.07) is 5.65. The smallest absolute Gasteiger partial charge is 0.256 e. The molecule has 0 saturated carbocycles. The molecule has 0 aromatic heterocycles. The fourth-order valence-electron chi connectivity index (χ4n) is 4.43. The maximum absolute atomic E-state index is 13.6. The monoisotopic (exact) mass is 461 g/mol. The number of carbonyl (C=O) groups excluding carboxylic acids is 3. The molecule has 1 aromatic carbocycles. The molecule has 3 N–H and O–H groups in total. The molecule has 176 valence electrons. The molecule has 3 amide bonds. The second-order valence-electron chi connectivity index (χ2n) is 9.69. The fraction of sp³-hybridized carbons (Fsp3) is 0.625. The molecule has 0 bridgehead atoms. The molecule has 1 saturated heterocycles. The largest absolute Gasteiger partial charge is 0.394 e. The van der Waals surface area contributed by atoms with Crippen LogP contribution in [0.25, 0.3) is 0 Å². The third-order valence-electron chi connectivity index (χ3n) is 6.67. The third-order valence-corrected chi connectivity index (χ3v) is 8.20. The molecule has 5 atom stereocenters. The van der Waals surface area contributed by atoms with Gasteiger partial charge < -0.3 is 20.6 Å². The topological polar surface area (TPSA) is 98.7 Å². The molecule has 2 heterocycles. The first-order valence-electron chi connectivity index (χ1n) is 11.3. The first kappa shape index (κ1) is 24.6. The highest BCUT2D eigenvalue weighted by molar-refractivity contribution is 8.01. The number of nitrogens with one attached hydrogen (secondary N) is 2. The van der Waals surface area contributed by atoms with Gasteiger partial charge in [0.1, 0.15) is 17.5 Å². The molecule has 1 aromatic rings. The summed E-state index contributed by atoms with van der Waals surface area (Å²) in [6.07, 6.45) is 0.698. The number of nitrogens with zero attached hydrogens (tertiary/aromatic N) is 1. The van der Waals surface area contributed by atoms with Crippen molar-refractivity contribution in [2.75, 3.05) is 6.61 Å². The van der Waals surface area contributed by atoms with Gasteiger partial charge in [-0.15, -0.1) is 11.8 Å². The van der Waals surface area contributed by atoms with Crippen molar-refractivity contribution in [2.24, 2.45) is 11.8 Å². The van der Waals surface area contributed by atoms with E-state index in [-0.39, 0.29) is 47.6 Å². The van der Waals surface area contributed by atoms with E-state index in [1.165, 1.54) is 0 Å². The van der Waals surface area contributed by atoms with Gasteiger partial charge in [-0.25, -0.2) is 0 Å². The lowest BCUT2D eigenvalue weighted by Gasteiger charge is -2.33. The van der Waals surface area contributed by atoms with E-state index in [0.717, 1.165) is 5.56 Å². The summed E-state index contributed by atoms with van der Waals surface area (Å²) in [4.78, 5) is 41.5. The normalized spacial score (nSPS) is 24.0. The quantitative estimate of drug-likeness (QED) is 0.553. The number of thioether (sulfide) groups is 1. The SMILES string of the molecule is CC[C@@H](C)[C@H](NC(=O)[C@H]1N2C(=O)c3ccccc3[C@H]2SC1(C)C)C(=O)N[C@@H](CO)C(C)C. The van der Waals surface area contributed by atoms with Crippen molar-refractivity contribution in [2.45, 2.75) is 76.2 Å². The van der Waals surface area contributed by atoms with Crippen LogP contribution in [0.3, 0.4) is 0 Å². The predicted octanol–water partition coefficient (Wildman–Crippen LogP) is 2.70. The average molecular weight is 462 g/mol. The molecule has 8 heteroatoms. The molecule has 2 aliphatic heterocycles. The Labute approximate surface area is 194 Å². The van der Waals surface area contributed by atoms with Crippen molar-refractivity contribution >= 4 is 29.5 Å². The number of rotatable bonds is 8. The lowest BCUT2D eigenvalue weighted by atomic mass is 9.95. The average Bonchev–Trinajstić information content (AvgIpc) is 3.18. The van der Waals surface area contributed by atoms with Crippen LogP contribution in [0.1, 0.15) is 69.3 Å². The second kappa shape index (κ2) is 9.43. The number of aliphatic hydroxyl groups is 1. The third kappa shape index (κ3) is 4.39. The van der Waals surface area contributed by atoms with Crippen molar-refractivity contribution < 1.29 is 19.5 Å². The van der Waals surface area contributed by atoms with Gasteiger partial charge >= 0.3 is 0 Å². The fourth-order valence-corrected chi connectivity index (χ4v) is 6.02. The molecular weight excluding hydrogens is 426 g/mol. The summed E-state index contributed by atoms with van der Waals surface area (Å²) < 4.78 is -0.514. The number of fused-ring (bicyclic) bond motifs is 3. The number of amides is 3. The maximum atomic E-state index is 13.6. The molecule has 0 spiro atoms. The van der Waals surface area contributed by atoms with Crippen molar-refractivity contribution in [3.63, 3.8) is 0 Å². The van der Waals surface area contributed by atoms with Gasteiger partial charge in [0.05, 0.1) is 12.6 Å². The van der Waals surface area contributed by atoms with Crippen LogP contribution in [-0.4, -0.2) is 57.2 Å². The van der Waals surface area contributed by atoms with E-state index in [1.807, 2.05) is 59.7 Å². The minimum Gasteiger partial charge on any atom is -0.394 e. The molecule has 0 aliphatic carbocycles. The molecule has 2 aliphatic rings. The number of carbonyl (C=O) groups is 3. The lowest BCUT2D eigenvalue weighted by molar-refractivity contribution is -0.133. The molecule has 0 unspecified atom stereocenters. The molecule has 32 heavy (non-hydrogen) atoms. The summed E-state index contributed by atoms with van der Waals surface area (Å²) in [5.41, 5.74) is 1.57. The van der Waals surface area contributed by atoms with Gasteiger partial charge in [0.15, 0.2) is 0 Å². The van der Waals surface area contributed by atoms with E-state index in [2.05, 4.69) is 10.6 Å². The van der Waals surface area contributed by atoms with Crippen molar-refractivity contribution in [3.05, 3.63) is 35.4 Å². The van der Waals surface area contributed by atoms with E-state index in [9.17, 15) is 19.5 Å². The van der Waals surface area contributed by atoms with Gasteiger partial charge in [0.25, 0.3) is 5.91 Å². The van der Waals surface area contributed by atoms with Crippen LogP contribution in [0, 0.1) is 11.8 Å². The summed E-state index contributed by atoms with van der Waals surface area (Å²) in [6.45, 7) is 11.5. The van der Waals surface area contributed by atoms with Crippen molar-refractivity contribution in [1.29, 1.82) is 0 Å². The predicted molar refractivity (Wildman–Crippen MR) is 126 cm³/mol. The van der Waals surface area contributed by atoms with Crippen LogP contribution in [0.5, 0.6) is 0 Å². The van der Waals surface area contributed by atoms with E-state index in [4.69, 9.17) is 0 Å². The number of hydrogen-bond acceptors (Lipinski definition) is 5. The summed E-state index contributed by atoms with van der Waals surface area (Å²) in [5, 5.41) is 15.2. The van der Waals surface area contributed by atoms with Gasteiger partial charge in [-0.3, -0.25) is 14.4 Å². The second-order valence-corrected chi connectivity index (χ2v) is 11.4. The van der Waals surface area contributed by atoms with Crippen molar-refractivity contribution in [3.8, 4) is 0 Å². The number of hydrogen-bond donors (Lipinski definition) is 3. The zero-order valence-corrected chi connectivity index (χ0v) is 20.5. The lowest BCUT2D eigenvalue weighted by Crippen LogP contribution is -2.59. The minimum atomic E-state index is -0.750. The Kier molecular flexibility index (Phi) is 7.25. The summed E-state index contributed by atoms with van der Waals surface area (Å²) in [7, 11) is 0. The number of aliphatic hydroxyl groups excluding tert-OH is 1. The van der Waals surface area contributed by atoms with Crippen LogP contribution in [0.15, 0.2) is 24.3 Å². The van der Waals surface area contributed by atoms with Gasteiger partial charge in [0, 0.05) is 10.3 Å². The molecule has 1 fully saturated rings. The van der Waals surface area contributed by atoms with Crippen LogP contribution in [0.4, 0.5) is 0 Å². The Bertz CT molecular complexity index is 888. The van der Waals surface area contributed by atoms with Crippen LogP contribution in [0.2, 0.25) is 0 Å². The standard InChI is InChI=1S/C24H35N3O4S/c1-7-14(4)18(20(29)25-17(12-28)13(2)3)26-21(30)19-24(5,6)32-23-16-11-9-8-10-15(16)22(31)27(19)23/h8-11,13-14,17-19,23,28H,7,12H2,1-6H3,(H,25,29)(H,26,30)/t14-,17+,18+,19-,23-/m1/s1. The zero-order chi connectivity index (χ0) is 23.8. The van der Waals surface area contributed by atoms with Gasteiger partial charge in [-0.1, -0.05) is 52.3 Å². The molecule has 0 radical (unpaired) electrons. The first-order valence-corrected chi connectivity index (χ1v) is 12.2. The minimum absolute atomic E-state index is 0.0592. The van der Waals surface area contributed by atoms with Crippen LogP contribution in [-0.2, 0) is 9.59 Å². The Balaban J connectivity index is 1.84. The van der Waals surface area contributed by atoms with Gasteiger partial charge in [-0.2, -0.15) is 0 Å². The zero-order valence-electron chi connectivity index (χ0n) is 19.7.